The number of hydrogen-bond acceptors (Lipinski definition) is 3. The predicted octanol–water partition coefficient (Wildman–Crippen LogP) is 0.949. The van der Waals surface area contributed by atoms with Crippen molar-refractivity contribution < 1.29 is 14.7 Å². The zero-order valence-electron chi connectivity index (χ0n) is 11.9. The van der Waals surface area contributed by atoms with Gasteiger partial charge in [0.25, 0.3) is 0 Å². The van der Waals surface area contributed by atoms with Crippen molar-refractivity contribution in [3.8, 4) is 0 Å². The van der Waals surface area contributed by atoms with E-state index in [-0.39, 0.29) is 12.3 Å². The van der Waals surface area contributed by atoms with E-state index in [1.54, 1.807) is 11.6 Å². The van der Waals surface area contributed by atoms with E-state index in [0.717, 1.165) is 17.0 Å². The van der Waals surface area contributed by atoms with Gasteiger partial charge in [-0.1, -0.05) is 6.92 Å². The van der Waals surface area contributed by atoms with Gasteiger partial charge in [0.15, 0.2) is 0 Å². The lowest BCUT2D eigenvalue weighted by Gasteiger charge is -2.12. The smallest absolute Gasteiger partial charge is 0.326 e. The number of carboxylic acid groups (broad SMARTS) is 1. The molecule has 1 aromatic heterocycles. The van der Waals surface area contributed by atoms with Gasteiger partial charge in [0.2, 0.25) is 5.91 Å². The summed E-state index contributed by atoms with van der Waals surface area (Å²) in [6, 6.07) is -0.802. The summed E-state index contributed by atoms with van der Waals surface area (Å²) in [7, 11) is 1.86. The zero-order chi connectivity index (χ0) is 14.6. The third-order valence-corrected chi connectivity index (χ3v) is 3.30. The molecule has 0 bridgehead atoms. The average Bonchev–Trinajstić information content (AvgIpc) is 2.58. The molecule has 0 saturated heterocycles. The molecule has 106 valence electrons. The van der Waals surface area contributed by atoms with Gasteiger partial charge in [-0.2, -0.15) is 5.10 Å². The van der Waals surface area contributed by atoms with Crippen molar-refractivity contribution in [3.05, 3.63) is 17.0 Å². The molecular weight excluding hydrogens is 246 g/mol. The normalized spacial score (nSPS) is 12.2. The van der Waals surface area contributed by atoms with Crippen LogP contribution in [0.3, 0.4) is 0 Å². The van der Waals surface area contributed by atoms with E-state index in [1.165, 1.54) is 0 Å². The third kappa shape index (κ3) is 3.81. The maximum Gasteiger partial charge on any atom is 0.326 e. The zero-order valence-corrected chi connectivity index (χ0v) is 11.9. The van der Waals surface area contributed by atoms with Crippen LogP contribution in [-0.4, -0.2) is 32.8 Å². The first-order chi connectivity index (χ1) is 8.86. The number of hydrogen-bond donors (Lipinski definition) is 2. The second kappa shape index (κ2) is 6.36. The van der Waals surface area contributed by atoms with E-state index in [1.807, 2.05) is 20.9 Å². The first-order valence-corrected chi connectivity index (χ1v) is 6.38. The topological polar surface area (TPSA) is 84.2 Å². The fourth-order valence-electron chi connectivity index (χ4n) is 2.02. The Hall–Kier alpha value is -1.85. The number of rotatable bonds is 6. The van der Waals surface area contributed by atoms with Crippen LogP contribution in [0.25, 0.3) is 0 Å². The van der Waals surface area contributed by atoms with Gasteiger partial charge in [0.1, 0.15) is 6.04 Å². The van der Waals surface area contributed by atoms with E-state index >= 15 is 0 Å². The van der Waals surface area contributed by atoms with Gasteiger partial charge >= 0.3 is 5.97 Å². The molecule has 0 unspecified atom stereocenters. The molecule has 6 nitrogen and oxygen atoms in total. The number of nitrogens with one attached hydrogen (secondary N) is 1. The van der Waals surface area contributed by atoms with Crippen molar-refractivity contribution >= 4 is 11.9 Å². The van der Waals surface area contributed by atoms with E-state index in [0.29, 0.717) is 12.8 Å². The number of aryl methyl sites for hydroxylation is 2. The minimum Gasteiger partial charge on any atom is -0.480 e. The number of nitrogens with zero attached hydrogens (tertiary/aromatic N) is 2. The Bertz CT molecular complexity index is 480. The van der Waals surface area contributed by atoms with Gasteiger partial charge in [-0.05, 0) is 32.3 Å². The molecule has 0 spiro atoms. The van der Waals surface area contributed by atoms with Crippen LogP contribution in [0.1, 0.15) is 36.7 Å². The van der Waals surface area contributed by atoms with Crippen molar-refractivity contribution in [1.29, 1.82) is 0 Å². The largest absolute Gasteiger partial charge is 0.480 e. The minimum atomic E-state index is -0.996. The summed E-state index contributed by atoms with van der Waals surface area (Å²) in [5, 5.41) is 15.7. The lowest BCUT2D eigenvalue weighted by molar-refractivity contribution is -0.141. The van der Waals surface area contributed by atoms with Crippen LogP contribution >= 0.6 is 0 Å². The summed E-state index contributed by atoms with van der Waals surface area (Å²) in [4.78, 5) is 22.5. The fourth-order valence-corrected chi connectivity index (χ4v) is 2.02. The van der Waals surface area contributed by atoms with E-state index in [4.69, 9.17) is 5.11 Å². The van der Waals surface area contributed by atoms with Crippen LogP contribution in [0.5, 0.6) is 0 Å². The summed E-state index contributed by atoms with van der Waals surface area (Å²) in [6.07, 6.45) is 1.23. The predicted molar refractivity (Wildman–Crippen MR) is 70.9 cm³/mol. The van der Waals surface area contributed by atoms with Gasteiger partial charge < -0.3 is 10.4 Å². The van der Waals surface area contributed by atoms with Crippen molar-refractivity contribution in [2.24, 2.45) is 7.05 Å². The Kier molecular flexibility index (Phi) is 5.09. The molecule has 1 rings (SSSR count). The van der Waals surface area contributed by atoms with Crippen molar-refractivity contribution in [1.82, 2.24) is 15.1 Å². The Morgan fingerprint density at radius 3 is 2.47 bits per heavy atom. The number of carboxylic acids is 1. The van der Waals surface area contributed by atoms with Crippen LogP contribution in [0.2, 0.25) is 0 Å². The molecule has 2 N–H and O–H groups in total. The summed E-state index contributed by atoms with van der Waals surface area (Å²) in [5.41, 5.74) is 3.01. The molecule has 1 aromatic rings. The van der Waals surface area contributed by atoms with E-state index < -0.39 is 12.0 Å². The van der Waals surface area contributed by atoms with Crippen LogP contribution in [0.4, 0.5) is 0 Å². The molecule has 0 radical (unpaired) electrons. The minimum absolute atomic E-state index is 0.239. The number of carbonyl (C=O) groups is 2. The summed E-state index contributed by atoms with van der Waals surface area (Å²) < 4.78 is 1.79. The van der Waals surface area contributed by atoms with Crippen molar-refractivity contribution in [2.45, 2.75) is 46.1 Å². The first-order valence-electron chi connectivity index (χ1n) is 6.38. The van der Waals surface area contributed by atoms with E-state index in [2.05, 4.69) is 10.4 Å². The Balaban J connectivity index is 2.57. The maximum absolute atomic E-state index is 11.7. The molecule has 0 saturated carbocycles. The van der Waals surface area contributed by atoms with Crippen molar-refractivity contribution in [2.75, 3.05) is 0 Å². The molecule has 0 aliphatic heterocycles. The van der Waals surface area contributed by atoms with Gasteiger partial charge in [0, 0.05) is 19.2 Å². The summed E-state index contributed by atoms with van der Waals surface area (Å²) in [5.74, 6) is -1.23. The second-order valence-electron chi connectivity index (χ2n) is 4.64. The van der Waals surface area contributed by atoms with Crippen LogP contribution in [-0.2, 0) is 23.1 Å². The molecule has 1 heterocycles. The van der Waals surface area contributed by atoms with Crippen LogP contribution in [0.15, 0.2) is 0 Å². The third-order valence-electron chi connectivity index (χ3n) is 3.30. The van der Waals surface area contributed by atoms with E-state index in [9.17, 15) is 9.59 Å². The fraction of sp³-hybridized carbons (Fsp3) is 0.615. The number of amides is 1. The highest BCUT2D eigenvalue weighted by Crippen LogP contribution is 2.13. The van der Waals surface area contributed by atoms with Gasteiger partial charge in [0.05, 0.1) is 5.69 Å². The molecule has 1 atom stereocenters. The molecule has 0 fully saturated rings. The maximum atomic E-state index is 11.7. The molecule has 0 aromatic carbocycles. The highest BCUT2D eigenvalue weighted by Gasteiger charge is 2.18. The Morgan fingerprint density at radius 2 is 2.05 bits per heavy atom. The SMILES string of the molecule is CC[C@H](NC(=O)CCc1c(C)nn(C)c1C)C(=O)O. The standard InChI is InChI=1S/C13H21N3O3/c1-5-11(13(18)19)14-12(17)7-6-10-8(2)15-16(4)9(10)3/h11H,5-7H2,1-4H3,(H,14,17)(H,18,19)/t11-/m0/s1. The molecule has 19 heavy (non-hydrogen) atoms. The summed E-state index contributed by atoms with van der Waals surface area (Å²) in [6.45, 7) is 5.60. The van der Waals surface area contributed by atoms with Gasteiger partial charge in [-0.3, -0.25) is 9.48 Å². The Morgan fingerprint density at radius 1 is 1.42 bits per heavy atom. The molecular formula is C13H21N3O3. The Labute approximate surface area is 112 Å². The van der Waals surface area contributed by atoms with Crippen molar-refractivity contribution in [3.63, 3.8) is 0 Å². The molecule has 0 aliphatic carbocycles. The lowest BCUT2D eigenvalue weighted by atomic mass is 10.1. The van der Waals surface area contributed by atoms with Gasteiger partial charge in [-0.15, -0.1) is 0 Å². The van der Waals surface area contributed by atoms with Gasteiger partial charge in [-0.25, -0.2) is 4.79 Å². The molecule has 6 heteroatoms. The monoisotopic (exact) mass is 267 g/mol. The quantitative estimate of drug-likeness (QED) is 0.803. The summed E-state index contributed by atoms with van der Waals surface area (Å²) >= 11 is 0. The molecule has 1 amide bonds. The highest BCUT2D eigenvalue weighted by atomic mass is 16.4. The number of aliphatic carboxylic acids is 1. The van der Waals surface area contributed by atoms with Crippen LogP contribution < -0.4 is 5.32 Å². The van der Waals surface area contributed by atoms with Crippen LogP contribution in [0, 0.1) is 13.8 Å². The highest BCUT2D eigenvalue weighted by molar-refractivity contribution is 5.83. The molecule has 0 aliphatic rings. The second-order valence-corrected chi connectivity index (χ2v) is 4.64. The number of aromatic nitrogens is 2. The number of carbonyl (C=O) groups excluding carboxylic acids is 1. The first kappa shape index (κ1) is 15.2. The lowest BCUT2D eigenvalue weighted by Crippen LogP contribution is -2.40. The average molecular weight is 267 g/mol.